The van der Waals surface area contributed by atoms with Crippen molar-refractivity contribution in [2.45, 2.75) is 31.8 Å². The monoisotopic (exact) mass is 564 g/mol. The van der Waals surface area contributed by atoms with Gasteiger partial charge in [-0.05, 0) is 61.4 Å². The predicted molar refractivity (Wildman–Crippen MR) is 154 cm³/mol. The van der Waals surface area contributed by atoms with Gasteiger partial charge in [-0.3, -0.25) is 9.59 Å². The van der Waals surface area contributed by atoms with Gasteiger partial charge in [0, 0.05) is 11.5 Å². The largest absolute Gasteiger partial charge is 0.508 e. The maximum absolute atomic E-state index is 14.4. The number of fused-ring (bicyclic) bond motifs is 4. The molecule has 212 valence electrons. The van der Waals surface area contributed by atoms with Crippen LogP contribution in [0.2, 0.25) is 0 Å². The van der Waals surface area contributed by atoms with Gasteiger partial charge in [0.1, 0.15) is 11.5 Å². The third-order valence-corrected chi connectivity index (χ3v) is 9.11. The van der Waals surface area contributed by atoms with E-state index in [0.717, 1.165) is 4.57 Å². The highest BCUT2D eigenvalue weighted by molar-refractivity contribution is 6.24. The van der Waals surface area contributed by atoms with Crippen molar-refractivity contribution in [1.29, 1.82) is 0 Å². The van der Waals surface area contributed by atoms with Gasteiger partial charge < -0.3 is 9.84 Å². The normalized spacial score (nSPS) is 24.6. The molecule has 3 aliphatic rings. The smallest absolute Gasteiger partial charge is 0.352 e. The van der Waals surface area contributed by atoms with Gasteiger partial charge in [0.2, 0.25) is 11.8 Å². The van der Waals surface area contributed by atoms with Crippen LogP contribution in [0.1, 0.15) is 30.9 Å². The average Bonchev–Trinajstić information content (AvgIpc) is 3.38. The summed E-state index contributed by atoms with van der Waals surface area (Å²) in [6.07, 6.45) is 1.99. The maximum Gasteiger partial charge on any atom is 0.352 e. The van der Waals surface area contributed by atoms with Crippen LogP contribution in [0.25, 0.3) is 5.69 Å². The van der Waals surface area contributed by atoms with Crippen LogP contribution in [0, 0.1) is 11.3 Å². The molecule has 2 amide bonds. The Hall–Kier alpha value is -5.12. The van der Waals surface area contributed by atoms with E-state index in [2.05, 4.69) is 0 Å². The molecule has 0 bridgehead atoms. The Morgan fingerprint density at radius 2 is 1.55 bits per heavy atom. The van der Waals surface area contributed by atoms with Gasteiger partial charge in [-0.1, -0.05) is 42.5 Å². The molecule has 3 heterocycles. The number of hydrogen-bond donors (Lipinski definition) is 1. The summed E-state index contributed by atoms with van der Waals surface area (Å²) in [6.45, 7) is 1.85. The number of nitrogens with zero attached hydrogens (tertiary/aromatic N) is 4. The van der Waals surface area contributed by atoms with E-state index in [-0.39, 0.29) is 30.5 Å². The zero-order chi connectivity index (χ0) is 29.3. The van der Waals surface area contributed by atoms with Crippen LogP contribution in [0.3, 0.4) is 0 Å². The Balaban J connectivity index is 1.46. The first-order valence-electron chi connectivity index (χ1n) is 13.8. The van der Waals surface area contributed by atoms with Gasteiger partial charge >= 0.3 is 11.4 Å². The van der Waals surface area contributed by atoms with Crippen molar-refractivity contribution in [3.8, 4) is 17.2 Å². The summed E-state index contributed by atoms with van der Waals surface area (Å²) < 4.78 is 9.39. The first-order valence-corrected chi connectivity index (χ1v) is 13.8. The van der Waals surface area contributed by atoms with Gasteiger partial charge in [0.15, 0.2) is 0 Å². The second-order valence-electron chi connectivity index (χ2n) is 11.1. The van der Waals surface area contributed by atoms with Crippen molar-refractivity contribution in [2.24, 2.45) is 11.3 Å². The first-order chi connectivity index (χ1) is 20.3. The number of carbonyl (C=O) groups is 2. The van der Waals surface area contributed by atoms with Crippen molar-refractivity contribution in [1.82, 2.24) is 13.9 Å². The van der Waals surface area contributed by atoms with Crippen molar-refractivity contribution >= 4 is 17.5 Å². The van der Waals surface area contributed by atoms with Crippen LogP contribution < -0.4 is 21.0 Å². The quantitative estimate of drug-likeness (QED) is 0.300. The third-order valence-electron chi connectivity index (χ3n) is 9.11. The molecule has 4 aromatic rings. The lowest BCUT2D eigenvalue weighted by Crippen LogP contribution is -2.49. The van der Waals surface area contributed by atoms with Crippen LogP contribution in [-0.2, 0) is 16.1 Å². The Morgan fingerprint density at radius 1 is 0.881 bits per heavy atom. The molecule has 0 unspecified atom stereocenters. The molecule has 3 aromatic carbocycles. The van der Waals surface area contributed by atoms with Gasteiger partial charge in [-0.2, -0.15) is 0 Å². The number of rotatable bonds is 4. The average molecular weight is 565 g/mol. The molecule has 4 atom stereocenters. The fourth-order valence-electron chi connectivity index (χ4n) is 7.13. The highest BCUT2D eigenvalue weighted by Crippen LogP contribution is 2.62. The number of anilines is 1. The van der Waals surface area contributed by atoms with Gasteiger partial charge in [0.05, 0.1) is 42.4 Å². The fourth-order valence-corrected chi connectivity index (χ4v) is 7.13. The number of allylic oxidation sites excluding steroid dienone is 2. The summed E-state index contributed by atoms with van der Waals surface area (Å²) in [6, 6.07) is 21.5. The lowest BCUT2D eigenvalue weighted by atomic mass is 9.56. The summed E-state index contributed by atoms with van der Waals surface area (Å²) in [7, 11) is 1.51. The van der Waals surface area contributed by atoms with E-state index in [1.807, 2.05) is 12.1 Å². The van der Waals surface area contributed by atoms with Crippen molar-refractivity contribution < 1.29 is 19.4 Å². The van der Waals surface area contributed by atoms with Gasteiger partial charge in [-0.15, -0.1) is 0 Å². The van der Waals surface area contributed by atoms with Crippen LogP contribution in [-0.4, -0.2) is 38.0 Å². The van der Waals surface area contributed by atoms with E-state index in [0.29, 0.717) is 28.3 Å². The number of methoxy groups -OCH3 is 1. The summed E-state index contributed by atoms with van der Waals surface area (Å²) in [4.78, 5) is 57.2. The van der Waals surface area contributed by atoms with Gasteiger partial charge in [-0.25, -0.2) is 28.4 Å². The fraction of sp³-hybridized carbons (Fsp3) is 0.250. The molecule has 2 aliphatic heterocycles. The number of phenolic OH excluding ortho intramolecular Hbond substituents is 1. The van der Waals surface area contributed by atoms with Crippen LogP contribution >= 0.6 is 0 Å². The van der Waals surface area contributed by atoms with Crippen molar-refractivity contribution in [3.63, 3.8) is 0 Å². The summed E-state index contributed by atoms with van der Waals surface area (Å²) in [5.74, 6) is -1.96. The Labute approximate surface area is 240 Å². The Kier molecular flexibility index (Phi) is 5.66. The number of imide groups is 1. The van der Waals surface area contributed by atoms with Crippen LogP contribution in [0.5, 0.6) is 11.5 Å². The molecule has 7 rings (SSSR count). The summed E-state index contributed by atoms with van der Waals surface area (Å²) in [5, 5.41) is 11.2. The van der Waals surface area contributed by atoms with E-state index in [1.54, 1.807) is 73.7 Å². The number of hydrogen-bond acceptors (Lipinski definition) is 6. The highest BCUT2D eigenvalue weighted by atomic mass is 16.5. The van der Waals surface area contributed by atoms with Crippen molar-refractivity contribution in [2.75, 3.05) is 12.0 Å². The number of aromatic hydroxyl groups is 1. The van der Waals surface area contributed by atoms with E-state index in [4.69, 9.17) is 4.74 Å². The Morgan fingerprint density at radius 3 is 2.21 bits per heavy atom. The van der Waals surface area contributed by atoms with Crippen LogP contribution in [0.15, 0.2) is 100 Å². The lowest BCUT2D eigenvalue weighted by molar-refractivity contribution is -0.129. The molecule has 0 radical (unpaired) electrons. The van der Waals surface area contributed by atoms with Crippen molar-refractivity contribution in [3.05, 3.63) is 117 Å². The lowest BCUT2D eigenvalue weighted by Gasteiger charge is -2.47. The number of phenols is 1. The number of para-hydroxylation sites is 2. The Bertz CT molecular complexity index is 1900. The second-order valence-corrected chi connectivity index (χ2v) is 11.1. The molecule has 1 saturated heterocycles. The molecule has 1 saturated carbocycles. The summed E-state index contributed by atoms with van der Waals surface area (Å²) >= 11 is 0. The van der Waals surface area contributed by atoms with E-state index in [1.165, 1.54) is 27.4 Å². The molecule has 10 nitrogen and oxygen atoms in total. The minimum atomic E-state index is -1.28. The predicted octanol–water partition coefficient (Wildman–Crippen LogP) is 3.38. The number of aromatic nitrogens is 3. The summed E-state index contributed by atoms with van der Waals surface area (Å²) in [5.41, 5.74) is -0.300. The molecule has 1 N–H and O–H groups in total. The number of ether oxygens (including phenoxy) is 1. The van der Waals surface area contributed by atoms with Gasteiger partial charge in [0.25, 0.3) is 0 Å². The van der Waals surface area contributed by atoms with E-state index < -0.39 is 34.7 Å². The zero-order valence-electron chi connectivity index (χ0n) is 23.0. The zero-order valence-corrected chi connectivity index (χ0v) is 23.0. The minimum Gasteiger partial charge on any atom is -0.508 e. The molecule has 10 heteroatoms. The minimum absolute atomic E-state index is 0.0575. The second kappa shape index (κ2) is 9.20. The van der Waals surface area contributed by atoms with E-state index in [9.17, 15) is 24.3 Å². The van der Waals surface area contributed by atoms with E-state index >= 15 is 0 Å². The number of carbonyl (C=O) groups excluding carboxylic acids is 2. The number of benzene rings is 3. The molecule has 1 aliphatic carbocycles. The standard InChI is InChI=1S/C32H28N4O6/c1-32-24(28(38)34(29(32)39)19-9-5-3-6-10-19)18-25-22(27(32)23-17-21(42-2)13-14-26(23)37)15-16-33-30(40)35(31(41)36(25)33)20-11-7-4-8-12-20/h3-15,17,24-25,27,37H,16,18H2,1-2H3/t24-,25+,27+,32+/m0/s1. The number of amides is 2. The highest BCUT2D eigenvalue weighted by Gasteiger charge is 2.65. The molecular formula is C32H28N4O6. The van der Waals surface area contributed by atoms with Crippen LogP contribution in [0.4, 0.5) is 5.69 Å². The molecule has 1 aromatic heterocycles. The molecule has 0 spiro atoms. The molecular weight excluding hydrogens is 536 g/mol. The third kappa shape index (κ3) is 3.38. The first kappa shape index (κ1) is 25.8. The molecule has 2 fully saturated rings. The molecule has 42 heavy (non-hydrogen) atoms. The SMILES string of the molecule is COc1ccc(O)c([C@H]2C3=CCn4c(=O)n(-c5ccccc5)c(=O)n4[C@@H]3C[C@H]3C(=O)N(c4ccccc4)C(=O)[C@@]23C)c1. The maximum atomic E-state index is 14.4. The topological polar surface area (TPSA) is 116 Å².